The van der Waals surface area contributed by atoms with E-state index in [-0.39, 0.29) is 29.8 Å². The number of ether oxygens (including phenoxy) is 1. The van der Waals surface area contributed by atoms with Crippen molar-refractivity contribution in [3.63, 3.8) is 0 Å². The molecule has 0 saturated carbocycles. The lowest BCUT2D eigenvalue weighted by Gasteiger charge is -2.38. The Hall–Kier alpha value is -2.96. The Labute approximate surface area is 225 Å². The number of amides is 2. The van der Waals surface area contributed by atoms with Gasteiger partial charge in [-0.25, -0.2) is 0 Å². The van der Waals surface area contributed by atoms with Crippen molar-refractivity contribution in [1.29, 1.82) is 0 Å². The Morgan fingerprint density at radius 3 is 2.46 bits per heavy atom. The fraction of sp³-hybridized carbons (Fsp3) is 0.419. The van der Waals surface area contributed by atoms with Gasteiger partial charge >= 0.3 is 0 Å². The summed E-state index contributed by atoms with van der Waals surface area (Å²) in [6.45, 7) is 10.3. The number of aryl methyl sites for hydroxylation is 1. The summed E-state index contributed by atoms with van der Waals surface area (Å²) in [5.41, 5.74) is 5.30. The van der Waals surface area contributed by atoms with E-state index in [9.17, 15) is 9.59 Å². The van der Waals surface area contributed by atoms with Gasteiger partial charge in [-0.1, -0.05) is 57.2 Å². The van der Waals surface area contributed by atoms with E-state index < -0.39 is 0 Å². The number of hydrogen-bond donors (Lipinski definition) is 0. The molecule has 1 aliphatic heterocycles. The van der Waals surface area contributed by atoms with Gasteiger partial charge < -0.3 is 14.5 Å². The molecular formula is C31H38N2O3S. The van der Waals surface area contributed by atoms with E-state index in [2.05, 4.69) is 51.3 Å². The monoisotopic (exact) mass is 518 g/mol. The fourth-order valence-electron chi connectivity index (χ4n) is 5.02. The summed E-state index contributed by atoms with van der Waals surface area (Å²) in [6, 6.07) is 18.1. The van der Waals surface area contributed by atoms with E-state index in [1.54, 1.807) is 23.3 Å². The maximum Gasteiger partial charge on any atom is 0.254 e. The van der Waals surface area contributed by atoms with Crippen molar-refractivity contribution in [2.45, 2.75) is 52.0 Å². The number of benzene rings is 2. The maximum absolute atomic E-state index is 13.9. The second-order valence-corrected chi connectivity index (χ2v) is 11.8. The van der Waals surface area contributed by atoms with Crippen LogP contribution in [0.4, 0.5) is 0 Å². The minimum absolute atomic E-state index is 0.00898. The number of nitrogens with zero attached hydrogens (tertiary/aromatic N) is 2. The van der Waals surface area contributed by atoms with Gasteiger partial charge in [0.05, 0.1) is 6.04 Å². The molecule has 0 aliphatic carbocycles. The molecule has 0 spiro atoms. The highest BCUT2D eigenvalue weighted by Crippen LogP contribution is 2.39. The maximum atomic E-state index is 13.9. The predicted octanol–water partition coefficient (Wildman–Crippen LogP) is 6.01. The Morgan fingerprint density at radius 1 is 1.05 bits per heavy atom. The first-order valence-corrected chi connectivity index (χ1v) is 13.9. The van der Waals surface area contributed by atoms with Crippen molar-refractivity contribution in [2.75, 3.05) is 33.4 Å². The summed E-state index contributed by atoms with van der Waals surface area (Å²) in [6.07, 6.45) is 1.51. The van der Waals surface area contributed by atoms with Crippen LogP contribution in [0.3, 0.4) is 0 Å². The molecule has 5 nitrogen and oxygen atoms in total. The molecule has 0 saturated heterocycles. The molecule has 1 unspecified atom stereocenters. The Balaban J connectivity index is 1.60. The standard InChI is InChI=1S/C31H38N2O3S/c1-22-9-6-7-10-25(22)29-26-16-20-37-27(26)15-18-33(29)28(34)21-32(17-8-19-36-5)30(35)23-11-13-24(14-12-23)31(2,3)4/h6-7,9-14,16,20,29H,8,15,17-19,21H2,1-5H3. The van der Waals surface area contributed by atoms with Crippen molar-refractivity contribution >= 4 is 23.2 Å². The van der Waals surface area contributed by atoms with Crippen LogP contribution in [0.5, 0.6) is 0 Å². The molecule has 4 rings (SSSR count). The highest BCUT2D eigenvalue weighted by molar-refractivity contribution is 7.10. The molecule has 0 N–H and O–H groups in total. The molecule has 1 aromatic heterocycles. The first kappa shape index (κ1) is 27.1. The van der Waals surface area contributed by atoms with Crippen LogP contribution < -0.4 is 0 Å². The van der Waals surface area contributed by atoms with Gasteiger partial charge in [0.25, 0.3) is 5.91 Å². The predicted molar refractivity (Wildman–Crippen MR) is 150 cm³/mol. The SMILES string of the molecule is COCCCN(CC(=O)N1CCc2sccc2C1c1ccccc1C)C(=O)c1ccc(C(C)(C)C)cc1. The summed E-state index contributed by atoms with van der Waals surface area (Å²) >= 11 is 1.76. The molecule has 2 heterocycles. The number of fused-ring (bicyclic) bond motifs is 1. The lowest BCUT2D eigenvalue weighted by molar-refractivity contribution is -0.134. The third-order valence-electron chi connectivity index (χ3n) is 7.16. The van der Waals surface area contributed by atoms with Crippen LogP contribution >= 0.6 is 11.3 Å². The average molecular weight is 519 g/mol. The van der Waals surface area contributed by atoms with Gasteiger partial charge in [0.1, 0.15) is 6.54 Å². The van der Waals surface area contributed by atoms with Gasteiger partial charge in [0.2, 0.25) is 5.91 Å². The van der Waals surface area contributed by atoms with E-state index in [1.165, 1.54) is 16.0 Å². The number of carbonyl (C=O) groups excluding carboxylic acids is 2. The number of rotatable bonds is 8. The number of carbonyl (C=O) groups is 2. The molecule has 196 valence electrons. The molecule has 1 atom stereocenters. The van der Waals surface area contributed by atoms with Crippen molar-refractivity contribution < 1.29 is 14.3 Å². The molecule has 1 aliphatic rings. The summed E-state index contributed by atoms with van der Waals surface area (Å²) in [7, 11) is 1.65. The smallest absolute Gasteiger partial charge is 0.254 e. The normalized spacial score (nSPS) is 15.4. The third kappa shape index (κ3) is 6.13. The highest BCUT2D eigenvalue weighted by Gasteiger charge is 2.34. The number of thiophene rings is 1. The Bertz CT molecular complexity index is 1230. The van der Waals surface area contributed by atoms with Crippen LogP contribution in [-0.2, 0) is 21.4 Å². The lowest BCUT2D eigenvalue weighted by Crippen LogP contribution is -2.47. The van der Waals surface area contributed by atoms with Crippen LogP contribution in [0.15, 0.2) is 60.0 Å². The largest absolute Gasteiger partial charge is 0.385 e. The Morgan fingerprint density at radius 2 is 1.78 bits per heavy atom. The molecule has 2 amide bonds. The minimum Gasteiger partial charge on any atom is -0.385 e. The van der Waals surface area contributed by atoms with Gasteiger partial charge in [0, 0.05) is 37.2 Å². The second kappa shape index (κ2) is 11.6. The van der Waals surface area contributed by atoms with Crippen LogP contribution in [0.2, 0.25) is 0 Å². The van der Waals surface area contributed by atoms with E-state index >= 15 is 0 Å². The van der Waals surface area contributed by atoms with Gasteiger partial charge in [0.15, 0.2) is 0 Å². The molecule has 37 heavy (non-hydrogen) atoms. The molecule has 0 bridgehead atoms. The third-order valence-corrected chi connectivity index (χ3v) is 8.15. The zero-order valence-electron chi connectivity index (χ0n) is 22.6. The van der Waals surface area contributed by atoms with Crippen molar-refractivity contribution in [3.8, 4) is 0 Å². The van der Waals surface area contributed by atoms with Gasteiger partial charge in [-0.15, -0.1) is 11.3 Å². The van der Waals surface area contributed by atoms with Crippen LogP contribution in [-0.4, -0.2) is 55.0 Å². The van der Waals surface area contributed by atoms with Gasteiger partial charge in [-0.2, -0.15) is 0 Å². The summed E-state index contributed by atoms with van der Waals surface area (Å²) in [5.74, 6) is -0.146. The molecule has 0 radical (unpaired) electrons. The Kier molecular flexibility index (Phi) is 8.50. The molecule has 3 aromatic rings. The number of methoxy groups -OCH3 is 1. The van der Waals surface area contributed by atoms with E-state index in [4.69, 9.17) is 4.74 Å². The van der Waals surface area contributed by atoms with Crippen LogP contribution in [0, 0.1) is 6.92 Å². The van der Waals surface area contributed by atoms with Gasteiger partial charge in [-0.05, 0) is 71.0 Å². The highest BCUT2D eigenvalue weighted by atomic mass is 32.1. The summed E-state index contributed by atoms with van der Waals surface area (Å²) in [5, 5.41) is 2.12. The van der Waals surface area contributed by atoms with Crippen molar-refractivity contribution in [3.05, 3.63) is 92.7 Å². The first-order valence-electron chi connectivity index (χ1n) is 13.0. The fourth-order valence-corrected chi connectivity index (χ4v) is 5.92. The van der Waals surface area contributed by atoms with Crippen LogP contribution in [0.25, 0.3) is 0 Å². The second-order valence-electron chi connectivity index (χ2n) is 10.8. The zero-order chi connectivity index (χ0) is 26.6. The summed E-state index contributed by atoms with van der Waals surface area (Å²) < 4.78 is 5.24. The summed E-state index contributed by atoms with van der Waals surface area (Å²) in [4.78, 5) is 32.5. The molecule has 2 aromatic carbocycles. The van der Waals surface area contributed by atoms with E-state index in [0.717, 1.165) is 17.5 Å². The van der Waals surface area contributed by atoms with E-state index in [1.807, 2.05) is 41.3 Å². The molecular weight excluding hydrogens is 480 g/mol. The van der Waals surface area contributed by atoms with Gasteiger partial charge in [-0.3, -0.25) is 9.59 Å². The van der Waals surface area contributed by atoms with E-state index in [0.29, 0.717) is 31.7 Å². The average Bonchev–Trinajstić information content (AvgIpc) is 3.36. The van der Waals surface area contributed by atoms with Crippen molar-refractivity contribution in [2.24, 2.45) is 0 Å². The molecule has 6 heteroatoms. The lowest BCUT2D eigenvalue weighted by atomic mass is 9.86. The molecule has 0 fully saturated rings. The minimum atomic E-state index is -0.134. The van der Waals surface area contributed by atoms with Crippen LogP contribution in [0.1, 0.15) is 70.7 Å². The number of hydrogen-bond acceptors (Lipinski definition) is 4. The first-order chi connectivity index (χ1) is 17.7. The zero-order valence-corrected chi connectivity index (χ0v) is 23.4. The van der Waals surface area contributed by atoms with Crippen molar-refractivity contribution in [1.82, 2.24) is 9.80 Å². The quantitative estimate of drug-likeness (QED) is 0.343. The topological polar surface area (TPSA) is 49.9 Å².